The molecule has 0 unspecified atom stereocenters. The van der Waals surface area contributed by atoms with E-state index in [1.165, 1.54) is 24.3 Å². The summed E-state index contributed by atoms with van der Waals surface area (Å²) in [7, 11) is 0. The van der Waals surface area contributed by atoms with Gasteiger partial charge in [0.05, 0.1) is 8.95 Å². The Labute approximate surface area is 137 Å². The Morgan fingerprint density at radius 1 is 1.14 bits per heavy atom. The molecule has 0 saturated carbocycles. The van der Waals surface area contributed by atoms with Gasteiger partial charge in [0.2, 0.25) is 0 Å². The highest BCUT2D eigenvalue weighted by molar-refractivity contribution is 9.10. The SMILES string of the molecule is O=C(O)/C=C/c1ccc(Oc2ccc(F)c(Br)c2)c(Br)c1. The molecule has 108 valence electrons. The van der Waals surface area contributed by atoms with Crippen LogP contribution < -0.4 is 4.74 Å². The molecular formula is C15H9Br2FO3. The van der Waals surface area contributed by atoms with Gasteiger partial charge in [0.25, 0.3) is 0 Å². The first-order valence-corrected chi connectivity index (χ1v) is 7.38. The summed E-state index contributed by atoms with van der Waals surface area (Å²) in [6.45, 7) is 0. The largest absolute Gasteiger partial charge is 0.478 e. The third kappa shape index (κ3) is 4.41. The van der Waals surface area contributed by atoms with Gasteiger partial charge in [-0.1, -0.05) is 6.07 Å². The van der Waals surface area contributed by atoms with Crippen molar-refractivity contribution in [1.29, 1.82) is 0 Å². The van der Waals surface area contributed by atoms with Crippen molar-refractivity contribution < 1.29 is 19.0 Å². The van der Waals surface area contributed by atoms with Crippen LogP contribution in [0.5, 0.6) is 11.5 Å². The van der Waals surface area contributed by atoms with Crippen LogP contribution in [-0.2, 0) is 4.79 Å². The van der Waals surface area contributed by atoms with Gasteiger partial charge in [-0.2, -0.15) is 0 Å². The number of hydrogen-bond acceptors (Lipinski definition) is 2. The summed E-state index contributed by atoms with van der Waals surface area (Å²) < 4.78 is 19.8. The first-order valence-electron chi connectivity index (χ1n) is 5.79. The van der Waals surface area contributed by atoms with E-state index in [2.05, 4.69) is 31.9 Å². The molecule has 0 fully saturated rings. The van der Waals surface area contributed by atoms with Crippen molar-refractivity contribution in [1.82, 2.24) is 0 Å². The lowest BCUT2D eigenvalue weighted by molar-refractivity contribution is -0.131. The number of halogens is 3. The van der Waals surface area contributed by atoms with Crippen LogP contribution >= 0.6 is 31.9 Å². The Morgan fingerprint density at radius 3 is 2.52 bits per heavy atom. The molecule has 0 heterocycles. The van der Waals surface area contributed by atoms with Crippen molar-refractivity contribution in [2.75, 3.05) is 0 Å². The number of carboxylic acid groups (broad SMARTS) is 1. The van der Waals surface area contributed by atoms with Gasteiger partial charge in [0, 0.05) is 6.08 Å². The second-order valence-corrected chi connectivity index (χ2v) is 5.75. The lowest BCUT2D eigenvalue weighted by atomic mass is 10.2. The van der Waals surface area contributed by atoms with Gasteiger partial charge in [0.1, 0.15) is 17.3 Å². The molecule has 0 aliphatic heterocycles. The van der Waals surface area contributed by atoms with E-state index >= 15 is 0 Å². The van der Waals surface area contributed by atoms with E-state index in [9.17, 15) is 9.18 Å². The fraction of sp³-hybridized carbons (Fsp3) is 0. The third-order valence-electron chi connectivity index (χ3n) is 2.49. The molecule has 0 aromatic heterocycles. The van der Waals surface area contributed by atoms with E-state index < -0.39 is 5.97 Å². The molecule has 0 atom stereocenters. The second-order valence-electron chi connectivity index (χ2n) is 4.04. The van der Waals surface area contributed by atoms with Gasteiger partial charge in [-0.15, -0.1) is 0 Å². The van der Waals surface area contributed by atoms with Crippen LogP contribution in [0.2, 0.25) is 0 Å². The summed E-state index contributed by atoms with van der Waals surface area (Å²) >= 11 is 6.44. The van der Waals surface area contributed by atoms with Crippen molar-refractivity contribution in [3.63, 3.8) is 0 Å². The number of hydrogen-bond donors (Lipinski definition) is 1. The lowest BCUT2D eigenvalue weighted by Gasteiger charge is -2.09. The van der Waals surface area contributed by atoms with Crippen LogP contribution in [0.4, 0.5) is 4.39 Å². The molecule has 6 heteroatoms. The second kappa shape index (κ2) is 6.87. The quantitative estimate of drug-likeness (QED) is 0.694. The molecule has 0 saturated heterocycles. The summed E-state index contributed by atoms with van der Waals surface area (Å²) in [4.78, 5) is 10.5. The van der Waals surface area contributed by atoms with Gasteiger partial charge >= 0.3 is 5.97 Å². The maximum Gasteiger partial charge on any atom is 0.328 e. The van der Waals surface area contributed by atoms with Gasteiger partial charge in [-0.25, -0.2) is 9.18 Å². The van der Waals surface area contributed by atoms with E-state index in [-0.39, 0.29) is 5.82 Å². The highest BCUT2D eigenvalue weighted by Gasteiger charge is 2.06. The number of aliphatic carboxylic acids is 1. The highest BCUT2D eigenvalue weighted by atomic mass is 79.9. The average Bonchev–Trinajstić information content (AvgIpc) is 2.43. The maximum absolute atomic E-state index is 13.2. The number of ether oxygens (including phenoxy) is 1. The molecule has 3 nitrogen and oxygen atoms in total. The van der Waals surface area contributed by atoms with Crippen molar-refractivity contribution in [2.45, 2.75) is 0 Å². The standard InChI is InChI=1S/C15H9Br2FO3/c16-11-8-10(3-4-13(11)18)21-14-5-1-9(7-12(14)17)2-6-15(19)20/h1-8H,(H,19,20)/b6-2+. The lowest BCUT2D eigenvalue weighted by Crippen LogP contribution is -1.88. The molecule has 2 aromatic rings. The molecule has 0 radical (unpaired) electrons. The molecule has 2 rings (SSSR count). The summed E-state index contributed by atoms with van der Waals surface area (Å²) in [6.07, 6.45) is 2.53. The third-order valence-corrected chi connectivity index (χ3v) is 3.72. The van der Waals surface area contributed by atoms with Gasteiger partial charge in [-0.05, 0) is 73.8 Å². The predicted molar refractivity (Wildman–Crippen MR) is 85.0 cm³/mol. The van der Waals surface area contributed by atoms with E-state index in [0.717, 1.165) is 11.6 Å². The summed E-state index contributed by atoms with van der Waals surface area (Å²) in [5.41, 5.74) is 0.719. The predicted octanol–water partition coefficient (Wildman–Crippen LogP) is 5.24. The summed E-state index contributed by atoms with van der Waals surface area (Å²) in [5.74, 6) is -0.350. The topological polar surface area (TPSA) is 46.5 Å². The number of carbonyl (C=O) groups is 1. The molecule has 21 heavy (non-hydrogen) atoms. The Hall–Kier alpha value is -1.66. The zero-order chi connectivity index (χ0) is 15.4. The minimum absolute atomic E-state index is 0.317. The average molecular weight is 416 g/mol. The Bertz CT molecular complexity index is 714. The van der Waals surface area contributed by atoms with E-state index in [1.54, 1.807) is 18.2 Å². The minimum atomic E-state index is -1.01. The van der Waals surface area contributed by atoms with Gasteiger partial charge in [-0.3, -0.25) is 0 Å². The normalized spacial score (nSPS) is 10.8. The zero-order valence-electron chi connectivity index (χ0n) is 10.5. The first-order chi connectivity index (χ1) is 9.95. The molecule has 1 N–H and O–H groups in total. The van der Waals surface area contributed by atoms with Crippen molar-refractivity contribution >= 4 is 43.9 Å². The van der Waals surface area contributed by atoms with Crippen molar-refractivity contribution in [3.05, 3.63) is 62.8 Å². The Kier molecular flexibility index (Phi) is 5.14. The smallest absolute Gasteiger partial charge is 0.328 e. The Balaban J connectivity index is 2.21. The van der Waals surface area contributed by atoms with Crippen LogP contribution in [0.15, 0.2) is 51.4 Å². The van der Waals surface area contributed by atoms with Crippen LogP contribution in [0.1, 0.15) is 5.56 Å². The van der Waals surface area contributed by atoms with Gasteiger partial charge < -0.3 is 9.84 Å². The molecule has 0 aliphatic rings. The van der Waals surface area contributed by atoms with E-state index in [0.29, 0.717) is 20.4 Å². The summed E-state index contributed by atoms with van der Waals surface area (Å²) in [6, 6.07) is 9.50. The maximum atomic E-state index is 13.2. The first kappa shape index (κ1) is 15.7. The molecule has 0 amide bonds. The molecule has 0 spiro atoms. The molecule has 0 aliphatic carbocycles. The fourth-order valence-corrected chi connectivity index (χ4v) is 2.37. The van der Waals surface area contributed by atoms with Crippen LogP contribution in [0, 0.1) is 5.82 Å². The van der Waals surface area contributed by atoms with Crippen LogP contribution in [0.3, 0.4) is 0 Å². The summed E-state index contributed by atoms with van der Waals surface area (Å²) in [5, 5.41) is 8.58. The van der Waals surface area contributed by atoms with E-state index in [4.69, 9.17) is 9.84 Å². The van der Waals surface area contributed by atoms with Crippen LogP contribution in [-0.4, -0.2) is 11.1 Å². The number of carboxylic acids is 1. The van der Waals surface area contributed by atoms with Crippen molar-refractivity contribution in [3.8, 4) is 11.5 Å². The van der Waals surface area contributed by atoms with Crippen molar-refractivity contribution in [2.24, 2.45) is 0 Å². The van der Waals surface area contributed by atoms with Gasteiger partial charge in [0.15, 0.2) is 0 Å². The van der Waals surface area contributed by atoms with Crippen LogP contribution in [0.25, 0.3) is 6.08 Å². The number of benzene rings is 2. The molecule has 2 aromatic carbocycles. The zero-order valence-corrected chi connectivity index (χ0v) is 13.7. The highest BCUT2D eigenvalue weighted by Crippen LogP contribution is 2.32. The Morgan fingerprint density at radius 2 is 1.90 bits per heavy atom. The monoisotopic (exact) mass is 414 g/mol. The van der Waals surface area contributed by atoms with E-state index in [1.807, 2.05) is 0 Å². The minimum Gasteiger partial charge on any atom is -0.478 e. The molecular weight excluding hydrogens is 407 g/mol. The fourth-order valence-electron chi connectivity index (χ4n) is 1.54. The number of rotatable bonds is 4. The molecule has 0 bridgehead atoms.